The van der Waals surface area contributed by atoms with Crippen LogP contribution < -0.4 is 14.2 Å². The first-order valence-electron chi connectivity index (χ1n) is 12.2. The molecule has 0 radical (unpaired) electrons. The van der Waals surface area contributed by atoms with E-state index in [2.05, 4.69) is 13.2 Å². The van der Waals surface area contributed by atoms with Gasteiger partial charge < -0.3 is 33.9 Å². The normalized spacial score (nSPS) is 12.2. The molecule has 0 fully saturated rings. The molecule has 9 nitrogen and oxygen atoms in total. The molecule has 0 aromatic heterocycles. The minimum absolute atomic E-state index is 0.128. The number of aliphatic hydroxyl groups is 2. The lowest BCUT2D eigenvalue weighted by molar-refractivity contribution is -0.148. The number of ether oxygens (including phenoxy) is 5. The van der Waals surface area contributed by atoms with Crippen LogP contribution in [0.25, 0.3) is 10.8 Å². The van der Waals surface area contributed by atoms with Gasteiger partial charge in [0.25, 0.3) is 0 Å². The Labute approximate surface area is 226 Å². The minimum atomic E-state index is -1.11. The van der Waals surface area contributed by atoms with E-state index in [1.807, 2.05) is 36.4 Å². The maximum absolute atomic E-state index is 11.9. The van der Waals surface area contributed by atoms with Crippen molar-refractivity contribution in [2.75, 3.05) is 26.4 Å². The summed E-state index contributed by atoms with van der Waals surface area (Å²) in [5, 5.41) is 21.3. The number of hydrogen-bond donors (Lipinski definition) is 2. The Morgan fingerprint density at radius 2 is 1.46 bits per heavy atom. The Balaban J connectivity index is 1.91. The molecule has 0 amide bonds. The van der Waals surface area contributed by atoms with Crippen molar-refractivity contribution in [2.45, 2.75) is 26.1 Å². The van der Waals surface area contributed by atoms with E-state index >= 15 is 0 Å². The van der Waals surface area contributed by atoms with Gasteiger partial charge in [-0.05, 0) is 26.0 Å². The average Bonchev–Trinajstić information content (AvgIpc) is 2.93. The first-order valence-corrected chi connectivity index (χ1v) is 12.2. The maximum Gasteiger partial charge on any atom is 0.333 e. The highest BCUT2D eigenvalue weighted by atomic mass is 16.6. The van der Waals surface area contributed by atoms with Gasteiger partial charge in [-0.25, -0.2) is 9.59 Å². The molecule has 0 aliphatic rings. The quantitative estimate of drug-likeness (QED) is 0.229. The summed E-state index contributed by atoms with van der Waals surface area (Å²) in [5.74, 6) is 0.309. The third-order valence-corrected chi connectivity index (χ3v) is 5.32. The number of fused-ring (bicyclic) bond motifs is 1. The molecule has 206 valence electrons. The minimum Gasteiger partial charge on any atom is -0.489 e. The van der Waals surface area contributed by atoms with Crippen molar-refractivity contribution >= 4 is 22.7 Å². The topological polar surface area (TPSA) is 121 Å². The van der Waals surface area contributed by atoms with Crippen LogP contribution in [0.3, 0.4) is 0 Å². The third kappa shape index (κ3) is 8.33. The van der Waals surface area contributed by atoms with Gasteiger partial charge in [0.05, 0.1) is 6.61 Å². The highest BCUT2D eigenvalue weighted by Gasteiger charge is 2.21. The van der Waals surface area contributed by atoms with Crippen molar-refractivity contribution in [3.05, 3.63) is 85.0 Å². The molecule has 2 atom stereocenters. The smallest absolute Gasteiger partial charge is 0.333 e. The number of carbonyl (C=O) groups excluding carboxylic acids is 2. The van der Waals surface area contributed by atoms with Crippen LogP contribution in [-0.2, 0) is 19.1 Å². The number of aliphatic hydroxyl groups excluding tert-OH is 2. The Bertz CT molecular complexity index is 1320. The molecule has 2 unspecified atom stereocenters. The van der Waals surface area contributed by atoms with Crippen molar-refractivity contribution in [1.82, 2.24) is 0 Å². The number of carbonyl (C=O) groups is 2. The molecule has 3 rings (SSSR count). The molecule has 3 aromatic rings. The first kappa shape index (κ1) is 29.2. The molecule has 0 heterocycles. The van der Waals surface area contributed by atoms with Crippen molar-refractivity contribution in [2.24, 2.45) is 0 Å². The fourth-order valence-electron chi connectivity index (χ4n) is 3.33. The summed E-state index contributed by atoms with van der Waals surface area (Å²) in [6, 6.07) is 17.9. The molecular weight excluding hydrogens is 504 g/mol. The van der Waals surface area contributed by atoms with Crippen molar-refractivity contribution in [3.8, 4) is 23.0 Å². The standard InChI is InChI=1S/C30H32O9/c1-19(2)29(33)37-17-21(32)16-36-28-25-13-9-8-12-24(25)26(14-27(28)38-22-10-6-5-7-11-22)35-18-23(15-31)39-30(34)20(3)4/h5-14,21,23,31-32H,1,3,15-18H2,2,4H3. The van der Waals surface area contributed by atoms with Gasteiger partial charge in [-0.15, -0.1) is 0 Å². The number of esters is 2. The number of rotatable bonds is 14. The lowest BCUT2D eigenvalue weighted by atomic mass is 10.1. The van der Waals surface area contributed by atoms with E-state index in [0.29, 0.717) is 33.8 Å². The Morgan fingerprint density at radius 3 is 2.10 bits per heavy atom. The van der Waals surface area contributed by atoms with Crippen LogP contribution in [0.2, 0.25) is 0 Å². The molecule has 3 aromatic carbocycles. The average molecular weight is 537 g/mol. The van der Waals surface area contributed by atoms with E-state index in [9.17, 15) is 19.8 Å². The largest absolute Gasteiger partial charge is 0.489 e. The van der Waals surface area contributed by atoms with Crippen LogP contribution in [0.4, 0.5) is 0 Å². The van der Waals surface area contributed by atoms with Gasteiger partial charge in [0.15, 0.2) is 17.6 Å². The van der Waals surface area contributed by atoms with Crippen molar-refractivity contribution in [3.63, 3.8) is 0 Å². The molecule has 0 saturated heterocycles. The number of hydrogen-bond acceptors (Lipinski definition) is 9. The third-order valence-electron chi connectivity index (χ3n) is 5.32. The summed E-state index contributed by atoms with van der Waals surface area (Å²) in [5.41, 5.74) is 0.427. The Hall–Kier alpha value is -4.34. The Kier molecular flexibility index (Phi) is 10.5. The molecule has 9 heteroatoms. The Morgan fingerprint density at radius 1 is 0.821 bits per heavy atom. The predicted octanol–water partition coefficient (Wildman–Crippen LogP) is 4.35. The summed E-state index contributed by atoms with van der Waals surface area (Å²) >= 11 is 0. The van der Waals surface area contributed by atoms with E-state index in [0.717, 1.165) is 0 Å². The second kappa shape index (κ2) is 14.0. The second-order valence-electron chi connectivity index (χ2n) is 8.81. The maximum atomic E-state index is 11.9. The highest BCUT2D eigenvalue weighted by molar-refractivity contribution is 5.95. The fraction of sp³-hybridized carbons (Fsp3) is 0.267. The molecule has 0 bridgehead atoms. The van der Waals surface area contributed by atoms with Gasteiger partial charge in [0.1, 0.15) is 37.4 Å². The summed E-state index contributed by atoms with van der Waals surface area (Å²) < 4.78 is 28.3. The van der Waals surface area contributed by atoms with E-state index < -0.39 is 30.8 Å². The van der Waals surface area contributed by atoms with Gasteiger partial charge in [-0.1, -0.05) is 55.6 Å². The lowest BCUT2D eigenvalue weighted by Gasteiger charge is -2.21. The molecule has 39 heavy (non-hydrogen) atoms. The molecular formula is C30H32O9. The molecule has 0 aliphatic heterocycles. The van der Waals surface area contributed by atoms with Gasteiger partial charge in [-0.2, -0.15) is 0 Å². The molecule has 0 aliphatic carbocycles. The summed E-state index contributed by atoms with van der Waals surface area (Å²) in [6.45, 7) is 9.05. The predicted molar refractivity (Wildman–Crippen MR) is 145 cm³/mol. The van der Waals surface area contributed by atoms with Crippen molar-refractivity contribution < 1.29 is 43.5 Å². The van der Waals surface area contributed by atoms with Crippen LogP contribution in [0, 0.1) is 0 Å². The van der Waals surface area contributed by atoms with Gasteiger partial charge in [0.2, 0.25) is 0 Å². The lowest BCUT2D eigenvalue weighted by Crippen LogP contribution is -2.28. The SMILES string of the molecule is C=C(C)C(=O)OCC(O)COc1c(Oc2ccccc2)cc(OCC(CO)OC(=O)C(=C)C)c2ccccc12. The van der Waals surface area contributed by atoms with Crippen LogP contribution in [-0.4, -0.2) is 60.8 Å². The number of benzene rings is 3. The molecule has 2 N–H and O–H groups in total. The monoisotopic (exact) mass is 536 g/mol. The summed E-state index contributed by atoms with van der Waals surface area (Å²) in [6.07, 6.45) is -2.03. The zero-order chi connectivity index (χ0) is 28.4. The molecule has 0 saturated carbocycles. The van der Waals surface area contributed by atoms with Gasteiger partial charge >= 0.3 is 11.9 Å². The van der Waals surface area contributed by atoms with Crippen molar-refractivity contribution in [1.29, 1.82) is 0 Å². The second-order valence-corrected chi connectivity index (χ2v) is 8.81. The first-order chi connectivity index (χ1) is 18.7. The molecule has 0 spiro atoms. The van der Waals surface area contributed by atoms with E-state index in [1.54, 1.807) is 24.3 Å². The highest BCUT2D eigenvalue weighted by Crippen LogP contribution is 2.43. The number of para-hydroxylation sites is 1. The van der Waals surface area contributed by atoms with E-state index in [1.165, 1.54) is 13.8 Å². The zero-order valence-corrected chi connectivity index (χ0v) is 21.9. The zero-order valence-electron chi connectivity index (χ0n) is 21.9. The van der Waals surface area contributed by atoms with E-state index in [4.69, 9.17) is 23.7 Å². The summed E-state index contributed by atoms with van der Waals surface area (Å²) in [7, 11) is 0. The van der Waals surface area contributed by atoms with Gasteiger partial charge in [-0.3, -0.25) is 0 Å². The summed E-state index contributed by atoms with van der Waals surface area (Å²) in [4.78, 5) is 23.6. The van der Waals surface area contributed by atoms with Crippen LogP contribution in [0.5, 0.6) is 23.0 Å². The van der Waals surface area contributed by atoms with E-state index in [-0.39, 0.29) is 31.0 Å². The van der Waals surface area contributed by atoms with Crippen LogP contribution in [0.15, 0.2) is 85.0 Å². The van der Waals surface area contributed by atoms with Crippen LogP contribution >= 0.6 is 0 Å². The fourth-order valence-corrected chi connectivity index (χ4v) is 3.33. The van der Waals surface area contributed by atoms with Crippen LogP contribution in [0.1, 0.15) is 13.8 Å². The van der Waals surface area contributed by atoms with Gasteiger partial charge in [0, 0.05) is 28.0 Å².